The lowest BCUT2D eigenvalue weighted by Crippen LogP contribution is -2.01. The minimum absolute atomic E-state index is 0.638. The molecule has 0 amide bonds. The van der Waals surface area contributed by atoms with Crippen molar-refractivity contribution in [3.8, 4) is 62.1 Å². The summed E-state index contributed by atoms with van der Waals surface area (Å²) in [5.41, 5.74) is 10.9. The van der Waals surface area contributed by atoms with E-state index in [2.05, 4.69) is 193 Å². The Hall–Kier alpha value is -7.21. The molecule has 0 aliphatic carbocycles. The predicted molar refractivity (Wildman–Crippen MR) is 234 cm³/mol. The zero-order valence-corrected chi connectivity index (χ0v) is 31.0. The normalized spacial score (nSPS) is 11.6. The van der Waals surface area contributed by atoms with Gasteiger partial charge < -0.3 is 4.57 Å². The average molecular weight is 733 g/mol. The molecule has 0 aliphatic rings. The minimum atomic E-state index is 0.638. The van der Waals surface area contributed by atoms with Crippen molar-refractivity contribution < 1.29 is 0 Å². The van der Waals surface area contributed by atoms with E-state index in [1.807, 2.05) is 6.07 Å². The molecule has 0 atom stereocenters. The molecule has 0 spiro atoms. The summed E-state index contributed by atoms with van der Waals surface area (Å²) in [6, 6.07) is 68.5. The van der Waals surface area contributed by atoms with Gasteiger partial charge in [0.2, 0.25) is 0 Å². The number of benzene rings is 8. The average Bonchev–Trinajstić information content (AvgIpc) is 3.83. The third-order valence-corrected chi connectivity index (χ3v) is 11.9. The number of thiophene rings is 1. The van der Waals surface area contributed by atoms with Crippen molar-refractivity contribution in [1.29, 1.82) is 0 Å². The molecular formula is C51H32N4S. The summed E-state index contributed by atoms with van der Waals surface area (Å²) in [5, 5.41) is 4.92. The quantitative estimate of drug-likeness (QED) is 0.171. The van der Waals surface area contributed by atoms with Crippen LogP contribution in [0.25, 0.3) is 104 Å². The first-order valence-electron chi connectivity index (χ1n) is 18.8. The molecule has 8 aromatic carbocycles. The first-order chi connectivity index (χ1) is 27.8. The Morgan fingerprint density at radius 2 is 0.911 bits per heavy atom. The molecule has 262 valence electrons. The first kappa shape index (κ1) is 32.2. The van der Waals surface area contributed by atoms with Crippen LogP contribution in [0.4, 0.5) is 0 Å². The topological polar surface area (TPSA) is 43.6 Å². The van der Waals surface area contributed by atoms with Crippen LogP contribution in [-0.2, 0) is 0 Å². The third kappa shape index (κ3) is 5.40. The van der Waals surface area contributed by atoms with Crippen molar-refractivity contribution in [2.75, 3.05) is 0 Å². The summed E-state index contributed by atoms with van der Waals surface area (Å²) in [6.45, 7) is 0. The zero-order chi connectivity index (χ0) is 37.0. The fourth-order valence-electron chi connectivity index (χ4n) is 8.04. The molecule has 4 nitrogen and oxygen atoms in total. The van der Waals surface area contributed by atoms with Gasteiger partial charge in [0, 0.05) is 53.3 Å². The van der Waals surface area contributed by atoms with Gasteiger partial charge in [-0.25, -0.2) is 15.0 Å². The van der Waals surface area contributed by atoms with Gasteiger partial charge in [-0.2, -0.15) is 0 Å². The van der Waals surface area contributed by atoms with E-state index in [-0.39, 0.29) is 0 Å². The largest absolute Gasteiger partial charge is 0.309 e. The molecule has 5 heteroatoms. The van der Waals surface area contributed by atoms with Gasteiger partial charge in [0.1, 0.15) is 0 Å². The predicted octanol–water partition coefficient (Wildman–Crippen LogP) is 13.7. The second-order valence-electron chi connectivity index (χ2n) is 14.0. The van der Waals surface area contributed by atoms with E-state index in [0.717, 1.165) is 44.6 Å². The van der Waals surface area contributed by atoms with E-state index >= 15 is 0 Å². The molecule has 3 aromatic heterocycles. The van der Waals surface area contributed by atoms with Gasteiger partial charge in [0.25, 0.3) is 0 Å². The highest BCUT2D eigenvalue weighted by molar-refractivity contribution is 7.26. The molecule has 11 aromatic rings. The van der Waals surface area contributed by atoms with E-state index in [1.165, 1.54) is 42.0 Å². The lowest BCUT2D eigenvalue weighted by molar-refractivity contribution is 1.08. The molecule has 0 bridgehead atoms. The fraction of sp³-hybridized carbons (Fsp3) is 0. The standard InChI is InChI=1S/C51H32N4S/c1-3-14-34(15-4-1)38-18-7-8-21-42(38)50-52-49(53-51(54-50)43-23-13-22-41-40-20-10-12-25-47(40)56-48(41)43)35-28-26-33(27-29-35)36-30-31-46-44(32-36)39-19-9-11-24-45(39)55(46)37-16-5-2-6-17-37/h1-32H. The molecule has 0 unspecified atom stereocenters. The van der Waals surface area contributed by atoms with Crippen LogP contribution in [-0.4, -0.2) is 19.5 Å². The molecule has 56 heavy (non-hydrogen) atoms. The Kier molecular flexibility index (Phi) is 7.64. The van der Waals surface area contributed by atoms with Crippen molar-refractivity contribution >= 4 is 53.3 Å². The second-order valence-corrected chi connectivity index (χ2v) is 15.0. The van der Waals surface area contributed by atoms with Gasteiger partial charge >= 0.3 is 0 Å². The second kappa shape index (κ2) is 13.3. The smallest absolute Gasteiger partial charge is 0.165 e. The molecule has 3 heterocycles. The number of rotatable bonds is 6. The van der Waals surface area contributed by atoms with Crippen LogP contribution in [0.2, 0.25) is 0 Å². The maximum atomic E-state index is 5.23. The van der Waals surface area contributed by atoms with Crippen molar-refractivity contribution in [3.05, 3.63) is 194 Å². The van der Waals surface area contributed by atoms with E-state index in [9.17, 15) is 0 Å². The van der Waals surface area contributed by atoms with E-state index in [0.29, 0.717) is 17.5 Å². The lowest BCUT2D eigenvalue weighted by atomic mass is 9.99. The van der Waals surface area contributed by atoms with E-state index < -0.39 is 0 Å². The molecule has 0 saturated carbocycles. The summed E-state index contributed by atoms with van der Waals surface area (Å²) in [7, 11) is 0. The molecule has 11 rings (SSSR count). The van der Waals surface area contributed by atoms with Gasteiger partial charge in [-0.05, 0) is 64.7 Å². The summed E-state index contributed by atoms with van der Waals surface area (Å²) >= 11 is 1.79. The van der Waals surface area contributed by atoms with Gasteiger partial charge in [0.15, 0.2) is 17.5 Å². The first-order valence-corrected chi connectivity index (χ1v) is 19.6. The Morgan fingerprint density at radius 3 is 1.73 bits per heavy atom. The van der Waals surface area contributed by atoms with Crippen LogP contribution in [0.15, 0.2) is 194 Å². The van der Waals surface area contributed by atoms with Crippen LogP contribution >= 0.6 is 11.3 Å². The SMILES string of the molecule is c1ccc(-c2ccccc2-c2nc(-c3ccc(-c4ccc5c(c4)c4ccccc4n5-c4ccccc4)cc3)nc(-c3cccc4c3sc3ccccc34)n2)cc1. The minimum Gasteiger partial charge on any atom is -0.309 e. The summed E-state index contributed by atoms with van der Waals surface area (Å²) in [6.07, 6.45) is 0. The molecule has 0 fully saturated rings. The summed E-state index contributed by atoms with van der Waals surface area (Å²) < 4.78 is 4.77. The maximum absolute atomic E-state index is 5.23. The number of para-hydroxylation sites is 2. The monoisotopic (exact) mass is 732 g/mol. The highest BCUT2D eigenvalue weighted by Gasteiger charge is 2.19. The zero-order valence-electron chi connectivity index (χ0n) is 30.2. The Labute approximate surface area is 327 Å². The van der Waals surface area contributed by atoms with Crippen LogP contribution in [0.5, 0.6) is 0 Å². The van der Waals surface area contributed by atoms with Gasteiger partial charge in [0.05, 0.1) is 11.0 Å². The van der Waals surface area contributed by atoms with Crippen LogP contribution < -0.4 is 0 Å². The number of fused-ring (bicyclic) bond motifs is 6. The van der Waals surface area contributed by atoms with Crippen LogP contribution in [0, 0.1) is 0 Å². The molecular weight excluding hydrogens is 701 g/mol. The van der Waals surface area contributed by atoms with Crippen molar-refractivity contribution in [2.24, 2.45) is 0 Å². The van der Waals surface area contributed by atoms with Crippen LogP contribution in [0.3, 0.4) is 0 Å². The fourth-order valence-corrected chi connectivity index (χ4v) is 9.25. The van der Waals surface area contributed by atoms with Gasteiger partial charge in [-0.15, -0.1) is 11.3 Å². The number of aromatic nitrogens is 4. The Bertz CT molecular complexity index is 3240. The van der Waals surface area contributed by atoms with Crippen LogP contribution in [0.1, 0.15) is 0 Å². The van der Waals surface area contributed by atoms with Crippen molar-refractivity contribution in [2.45, 2.75) is 0 Å². The molecule has 0 radical (unpaired) electrons. The molecule has 0 aliphatic heterocycles. The number of nitrogens with zero attached hydrogens (tertiary/aromatic N) is 4. The highest BCUT2D eigenvalue weighted by atomic mass is 32.1. The van der Waals surface area contributed by atoms with Crippen molar-refractivity contribution in [3.63, 3.8) is 0 Å². The summed E-state index contributed by atoms with van der Waals surface area (Å²) in [4.78, 5) is 15.6. The van der Waals surface area contributed by atoms with E-state index in [1.54, 1.807) is 11.3 Å². The Balaban J connectivity index is 1.05. The molecule has 0 saturated heterocycles. The molecule has 0 N–H and O–H groups in total. The number of hydrogen-bond donors (Lipinski definition) is 0. The van der Waals surface area contributed by atoms with Crippen molar-refractivity contribution in [1.82, 2.24) is 19.5 Å². The Morgan fingerprint density at radius 1 is 0.339 bits per heavy atom. The van der Waals surface area contributed by atoms with E-state index in [4.69, 9.17) is 15.0 Å². The van der Waals surface area contributed by atoms with Gasteiger partial charge in [-0.1, -0.05) is 152 Å². The van der Waals surface area contributed by atoms with Gasteiger partial charge in [-0.3, -0.25) is 0 Å². The highest BCUT2D eigenvalue weighted by Crippen LogP contribution is 2.41. The summed E-state index contributed by atoms with van der Waals surface area (Å²) in [5.74, 6) is 1.94. The number of hydrogen-bond acceptors (Lipinski definition) is 4. The lowest BCUT2D eigenvalue weighted by Gasteiger charge is -2.12. The third-order valence-electron chi connectivity index (χ3n) is 10.7. The maximum Gasteiger partial charge on any atom is 0.165 e.